The van der Waals surface area contributed by atoms with E-state index in [1.54, 1.807) is 42.6 Å². The van der Waals surface area contributed by atoms with E-state index in [1.165, 1.54) is 6.20 Å². The molecule has 1 aromatic heterocycles. The molecule has 0 amide bonds. The first-order valence-electron chi connectivity index (χ1n) is 5.55. The highest BCUT2D eigenvalue weighted by Crippen LogP contribution is 2.17. The number of pyridine rings is 1. The summed E-state index contributed by atoms with van der Waals surface area (Å²) in [7, 11) is -3.78. The van der Waals surface area contributed by atoms with Crippen molar-refractivity contribution in [2.75, 3.05) is 0 Å². The molecular formula is C13H13NO3S. The summed E-state index contributed by atoms with van der Waals surface area (Å²) in [6.45, 7) is 2.01. The van der Waals surface area contributed by atoms with Crippen molar-refractivity contribution in [3.8, 4) is 5.75 Å². The largest absolute Gasteiger partial charge is 0.377 e. The molecule has 0 aliphatic carbocycles. The smallest absolute Gasteiger partial charge is 0.339 e. The van der Waals surface area contributed by atoms with Crippen molar-refractivity contribution in [3.05, 3.63) is 54.4 Å². The lowest BCUT2D eigenvalue weighted by molar-refractivity contribution is 0.485. The molecule has 5 heteroatoms. The third kappa shape index (κ3) is 2.87. The summed E-state index contributed by atoms with van der Waals surface area (Å²) >= 11 is 0. The molecule has 0 aliphatic heterocycles. The van der Waals surface area contributed by atoms with Gasteiger partial charge in [0.1, 0.15) is 4.90 Å². The van der Waals surface area contributed by atoms with Crippen LogP contribution in [0.5, 0.6) is 5.75 Å². The molecule has 0 spiro atoms. The maximum atomic E-state index is 12.0. The second-order valence-corrected chi connectivity index (χ2v) is 5.27. The Morgan fingerprint density at radius 1 is 1.17 bits per heavy atom. The third-order valence-corrected chi connectivity index (χ3v) is 3.72. The van der Waals surface area contributed by atoms with Crippen LogP contribution in [-0.2, 0) is 16.5 Å². The minimum absolute atomic E-state index is 0.142. The van der Waals surface area contributed by atoms with Gasteiger partial charge >= 0.3 is 10.1 Å². The van der Waals surface area contributed by atoms with E-state index in [0.717, 1.165) is 12.0 Å². The molecule has 4 nitrogen and oxygen atoms in total. The van der Waals surface area contributed by atoms with Gasteiger partial charge in [-0.1, -0.05) is 19.1 Å². The third-order valence-electron chi connectivity index (χ3n) is 2.46. The molecule has 1 aromatic carbocycles. The number of aryl methyl sites for hydroxylation is 1. The fraction of sp³-hybridized carbons (Fsp3) is 0.154. The van der Waals surface area contributed by atoms with Gasteiger partial charge in [-0.05, 0) is 36.2 Å². The SMILES string of the molecule is CCc1ccc(S(=O)(=O)Oc2cccnc2)cc1. The molecule has 1 heterocycles. The Bertz CT molecular complexity index is 606. The Balaban J connectivity index is 2.25. The molecule has 0 radical (unpaired) electrons. The van der Waals surface area contributed by atoms with Gasteiger partial charge in [-0.3, -0.25) is 4.98 Å². The Hall–Kier alpha value is -1.88. The van der Waals surface area contributed by atoms with E-state index in [1.807, 2.05) is 6.92 Å². The summed E-state index contributed by atoms with van der Waals surface area (Å²) in [6.07, 6.45) is 3.78. The van der Waals surface area contributed by atoms with E-state index >= 15 is 0 Å². The Kier molecular flexibility index (Phi) is 3.62. The first-order chi connectivity index (χ1) is 8.62. The maximum absolute atomic E-state index is 12.0. The van der Waals surface area contributed by atoms with E-state index in [2.05, 4.69) is 4.98 Å². The molecule has 0 saturated carbocycles. The normalized spacial score (nSPS) is 11.2. The quantitative estimate of drug-likeness (QED) is 0.795. The van der Waals surface area contributed by atoms with Gasteiger partial charge in [0.05, 0.1) is 6.20 Å². The van der Waals surface area contributed by atoms with Crippen LogP contribution in [0.15, 0.2) is 53.7 Å². The maximum Gasteiger partial charge on any atom is 0.339 e. The number of hydrogen-bond donors (Lipinski definition) is 0. The van der Waals surface area contributed by atoms with Crippen LogP contribution in [0, 0.1) is 0 Å². The molecule has 0 bridgehead atoms. The predicted molar refractivity (Wildman–Crippen MR) is 67.9 cm³/mol. The highest BCUT2D eigenvalue weighted by molar-refractivity contribution is 7.87. The molecule has 0 atom stereocenters. The van der Waals surface area contributed by atoms with Crippen LogP contribution in [0.25, 0.3) is 0 Å². The minimum Gasteiger partial charge on any atom is -0.377 e. The summed E-state index contributed by atoms with van der Waals surface area (Å²) in [5.74, 6) is 0.206. The van der Waals surface area contributed by atoms with Gasteiger partial charge in [0.25, 0.3) is 0 Å². The molecular weight excluding hydrogens is 250 g/mol. The lowest BCUT2D eigenvalue weighted by Gasteiger charge is -2.06. The lowest BCUT2D eigenvalue weighted by Crippen LogP contribution is -2.09. The molecule has 0 saturated heterocycles. The summed E-state index contributed by atoms with van der Waals surface area (Å²) in [6, 6.07) is 9.81. The van der Waals surface area contributed by atoms with Gasteiger partial charge in [0, 0.05) is 6.20 Å². The van der Waals surface area contributed by atoms with Crippen LogP contribution in [0.1, 0.15) is 12.5 Å². The van der Waals surface area contributed by atoms with Gasteiger partial charge in [0.2, 0.25) is 0 Å². The Morgan fingerprint density at radius 3 is 2.44 bits per heavy atom. The van der Waals surface area contributed by atoms with Crippen LogP contribution in [-0.4, -0.2) is 13.4 Å². The molecule has 0 aliphatic rings. The average Bonchev–Trinajstić information content (AvgIpc) is 2.39. The highest BCUT2D eigenvalue weighted by Gasteiger charge is 2.16. The Labute approximate surface area is 106 Å². The van der Waals surface area contributed by atoms with Crippen molar-refractivity contribution in [1.82, 2.24) is 4.98 Å². The summed E-state index contributed by atoms with van der Waals surface area (Å²) in [4.78, 5) is 3.94. The second-order valence-electron chi connectivity index (χ2n) is 3.72. The summed E-state index contributed by atoms with van der Waals surface area (Å²) in [5.41, 5.74) is 1.08. The standard InChI is InChI=1S/C13H13NO3S/c1-2-11-5-7-13(8-6-11)18(15,16)17-12-4-3-9-14-10-12/h3-10H,2H2,1H3. The van der Waals surface area contributed by atoms with E-state index in [0.29, 0.717) is 0 Å². The predicted octanol–water partition coefficient (Wildman–Crippen LogP) is 2.41. The molecule has 18 heavy (non-hydrogen) atoms. The van der Waals surface area contributed by atoms with Crippen molar-refractivity contribution in [2.24, 2.45) is 0 Å². The zero-order chi connectivity index (χ0) is 13.0. The summed E-state index contributed by atoms with van der Waals surface area (Å²) < 4.78 is 28.9. The van der Waals surface area contributed by atoms with Crippen molar-refractivity contribution in [3.63, 3.8) is 0 Å². The Morgan fingerprint density at radius 2 is 1.89 bits per heavy atom. The van der Waals surface area contributed by atoms with Gasteiger partial charge in [-0.25, -0.2) is 0 Å². The van der Waals surface area contributed by atoms with Crippen molar-refractivity contribution < 1.29 is 12.6 Å². The van der Waals surface area contributed by atoms with E-state index in [9.17, 15) is 8.42 Å². The highest BCUT2D eigenvalue weighted by atomic mass is 32.2. The molecule has 0 fully saturated rings. The number of rotatable bonds is 4. The van der Waals surface area contributed by atoms with Crippen LogP contribution in [0.3, 0.4) is 0 Å². The van der Waals surface area contributed by atoms with Gasteiger partial charge in [0.15, 0.2) is 5.75 Å². The minimum atomic E-state index is -3.78. The average molecular weight is 263 g/mol. The monoisotopic (exact) mass is 263 g/mol. The first-order valence-corrected chi connectivity index (χ1v) is 6.96. The summed E-state index contributed by atoms with van der Waals surface area (Å²) in [5, 5.41) is 0. The number of aromatic nitrogens is 1. The van der Waals surface area contributed by atoms with Gasteiger partial charge in [-0.2, -0.15) is 8.42 Å². The molecule has 2 aromatic rings. The fourth-order valence-electron chi connectivity index (χ4n) is 1.46. The van der Waals surface area contributed by atoms with Crippen LogP contribution in [0.2, 0.25) is 0 Å². The molecule has 94 valence electrons. The second kappa shape index (κ2) is 5.18. The number of nitrogens with zero attached hydrogens (tertiary/aromatic N) is 1. The molecule has 2 rings (SSSR count). The molecule has 0 N–H and O–H groups in total. The topological polar surface area (TPSA) is 56.3 Å². The number of hydrogen-bond acceptors (Lipinski definition) is 4. The van der Waals surface area contributed by atoms with E-state index in [-0.39, 0.29) is 10.6 Å². The van der Waals surface area contributed by atoms with Crippen LogP contribution in [0.4, 0.5) is 0 Å². The van der Waals surface area contributed by atoms with Gasteiger partial charge in [-0.15, -0.1) is 0 Å². The van der Waals surface area contributed by atoms with Crippen LogP contribution >= 0.6 is 0 Å². The van der Waals surface area contributed by atoms with Crippen molar-refractivity contribution in [1.29, 1.82) is 0 Å². The van der Waals surface area contributed by atoms with E-state index < -0.39 is 10.1 Å². The van der Waals surface area contributed by atoms with Crippen molar-refractivity contribution >= 4 is 10.1 Å². The lowest BCUT2D eigenvalue weighted by atomic mass is 10.2. The zero-order valence-electron chi connectivity index (χ0n) is 9.91. The van der Waals surface area contributed by atoms with E-state index in [4.69, 9.17) is 4.18 Å². The zero-order valence-corrected chi connectivity index (χ0v) is 10.7. The molecule has 0 unspecified atom stereocenters. The fourth-order valence-corrected chi connectivity index (χ4v) is 2.38. The number of benzene rings is 1. The van der Waals surface area contributed by atoms with Crippen molar-refractivity contribution in [2.45, 2.75) is 18.2 Å². The van der Waals surface area contributed by atoms with Crippen LogP contribution < -0.4 is 4.18 Å². The first kappa shape index (κ1) is 12.6. The van der Waals surface area contributed by atoms with Gasteiger partial charge < -0.3 is 4.18 Å².